The number of methoxy groups -OCH3 is 2. The normalized spacial score (nSPS) is 12.3. The Balaban J connectivity index is 0.00000361. The Morgan fingerprint density at radius 3 is 2.40 bits per heavy atom. The first kappa shape index (κ1) is 18.2. The highest BCUT2D eigenvalue weighted by Gasteiger charge is 2.08. The Morgan fingerprint density at radius 1 is 1.25 bits per heavy atom. The molecule has 0 bridgehead atoms. The molecule has 0 radical (unpaired) electrons. The molecule has 4 nitrogen and oxygen atoms in total. The van der Waals surface area contributed by atoms with Gasteiger partial charge in [0.2, 0.25) is 0 Å². The van der Waals surface area contributed by atoms with Crippen molar-refractivity contribution in [3.63, 3.8) is 0 Å². The van der Waals surface area contributed by atoms with Crippen LogP contribution in [0.1, 0.15) is 18.1 Å². The van der Waals surface area contributed by atoms with Crippen LogP contribution in [0.15, 0.2) is 48.6 Å². The van der Waals surface area contributed by atoms with E-state index in [1.165, 1.54) is 6.08 Å². The molecular weight excluding hydrogens is 280 g/mol. The van der Waals surface area contributed by atoms with E-state index < -0.39 is 5.97 Å². The van der Waals surface area contributed by atoms with Crippen molar-refractivity contribution in [2.45, 2.75) is 12.5 Å². The number of ether oxygens (including phenoxy) is 2. The zero-order valence-electron chi connectivity index (χ0n) is 11.5. The van der Waals surface area contributed by atoms with Crippen LogP contribution in [0.5, 0.6) is 5.75 Å². The Morgan fingerprint density at radius 2 is 1.90 bits per heavy atom. The van der Waals surface area contributed by atoms with E-state index in [1.807, 2.05) is 30.3 Å². The van der Waals surface area contributed by atoms with Gasteiger partial charge in [-0.05, 0) is 24.1 Å². The van der Waals surface area contributed by atoms with Gasteiger partial charge in [0.05, 0.1) is 13.2 Å². The van der Waals surface area contributed by atoms with Crippen LogP contribution in [0.3, 0.4) is 0 Å². The molecule has 0 heterocycles. The van der Waals surface area contributed by atoms with Crippen LogP contribution in [0, 0.1) is 0 Å². The molecule has 1 unspecified atom stereocenters. The standard InChI is InChI=1S/C15H18O4.ClH/c1-18-13-10-8-12(9-11-13)14(19-2)6-4-3-5-7-15(16)17;/h3-5,7-11,14H,6H2,1-2H3,(H,16,17);1H. The molecule has 0 amide bonds. The van der Waals surface area contributed by atoms with Gasteiger partial charge < -0.3 is 14.6 Å². The number of carbonyl (C=O) groups is 1. The minimum atomic E-state index is -0.955. The predicted molar refractivity (Wildman–Crippen MR) is 80.5 cm³/mol. The molecule has 0 saturated heterocycles. The number of aliphatic carboxylic acids is 1. The largest absolute Gasteiger partial charge is 0.497 e. The van der Waals surface area contributed by atoms with Gasteiger partial charge in [0.1, 0.15) is 5.75 Å². The van der Waals surface area contributed by atoms with Crippen LogP contribution in [0.25, 0.3) is 0 Å². The van der Waals surface area contributed by atoms with Gasteiger partial charge in [-0.2, -0.15) is 0 Å². The number of carboxylic acid groups (broad SMARTS) is 1. The molecule has 0 fully saturated rings. The lowest BCUT2D eigenvalue weighted by molar-refractivity contribution is -0.131. The van der Waals surface area contributed by atoms with E-state index in [9.17, 15) is 4.79 Å². The second kappa shape index (κ2) is 10.1. The lowest BCUT2D eigenvalue weighted by Crippen LogP contribution is -1.99. The van der Waals surface area contributed by atoms with Gasteiger partial charge in [0.15, 0.2) is 0 Å². The van der Waals surface area contributed by atoms with Crippen molar-refractivity contribution in [1.82, 2.24) is 0 Å². The van der Waals surface area contributed by atoms with E-state index in [1.54, 1.807) is 20.3 Å². The Kier molecular flexibility index (Phi) is 9.17. The smallest absolute Gasteiger partial charge is 0.328 e. The molecule has 1 rings (SSSR count). The zero-order valence-corrected chi connectivity index (χ0v) is 12.3. The Labute approximate surface area is 125 Å². The van der Waals surface area contributed by atoms with Crippen molar-refractivity contribution in [2.24, 2.45) is 0 Å². The molecule has 1 aromatic rings. The van der Waals surface area contributed by atoms with Crippen LogP contribution >= 0.6 is 12.4 Å². The summed E-state index contributed by atoms with van der Waals surface area (Å²) in [4.78, 5) is 10.3. The van der Waals surface area contributed by atoms with E-state index in [0.29, 0.717) is 6.42 Å². The van der Waals surface area contributed by atoms with Gasteiger partial charge in [-0.1, -0.05) is 30.4 Å². The van der Waals surface area contributed by atoms with Crippen LogP contribution in [-0.2, 0) is 9.53 Å². The van der Waals surface area contributed by atoms with Crippen molar-refractivity contribution in [3.8, 4) is 5.75 Å². The molecule has 0 aliphatic heterocycles. The zero-order chi connectivity index (χ0) is 14.1. The van der Waals surface area contributed by atoms with Crippen LogP contribution in [0.2, 0.25) is 0 Å². The molecule has 110 valence electrons. The summed E-state index contributed by atoms with van der Waals surface area (Å²) in [5.41, 5.74) is 1.05. The van der Waals surface area contributed by atoms with Crippen molar-refractivity contribution >= 4 is 18.4 Å². The van der Waals surface area contributed by atoms with Crippen molar-refractivity contribution in [1.29, 1.82) is 0 Å². The van der Waals surface area contributed by atoms with Gasteiger partial charge in [-0.3, -0.25) is 0 Å². The van der Waals surface area contributed by atoms with Crippen LogP contribution < -0.4 is 4.74 Å². The molecule has 0 aliphatic rings. The number of allylic oxidation sites excluding steroid dienone is 2. The number of benzene rings is 1. The van der Waals surface area contributed by atoms with E-state index >= 15 is 0 Å². The topological polar surface area (TPSA) is 55.8 Å². The number of hydrogen-bond donors (Lipinski definition) is 1. The first-order chi connectivity index (χ1) is 9.17. The lowest BCUT2D eigenvalue weighted by Gasteiger charge is -2.14. The van der Waals surface area contributed by atoms with Crippen LogP contribution in [0.4, 0.5) is 0 Å². The summed E-state index contributed by atoms with van der Waals surface area (Å²) in [5, 5.41) is 8.44. The summed E-state index contributed by atoms with van der Waals surface area (Å²) in [7, 11) is 3.27. The second-order valence-electron chi connectivity index (χ2n) is 3.86. The number of rotatable bonds is 7. The Hall–Kier alpha value is -1.78. The van der Waals surface area contributed by atoms with Gasteiger partial charge in [-0.25, -0.2) is 4.79 Å². The minimum absolute atomic E-state index is 0. The first-order valence-corrected chi connectivity index (χ1v) is 5.90. The molecule has 0 aromatic heterocycles. The third-order valence-corrected chi connectivity index (χ3v) is 2.61. The lowest BCUT2D eigenvalue weighted by atomic mass is 10.1. The van der Waals surface area contributed by atoms with E-state index in [-0.39, 0.29) is 18.5 Å². The summed E-state index contributed by atoms with van der Waals surface area (Å²) in [5.74, 6) is -0.151. The van der Waals surface area contributed by atoms with Gasteiger partial charge in [0, 0.05) is 13.2 Å². The predicted octanol–water partition coefficient (Wildman–Crippen LogP) is 3.39. The fourth-order valence-electron chi connectivity index (χ4n) is 1.61. The molecule has 0 spiro atoms. The quantitative estimate of drug-likeness (QED) is 0.619. The molecular formula is C15H19ClO4. The van der Waals surface area contributed by atoms with Crippen molar-refractivity contribution in [2.75, 3.05) is 14.2 Å². The molecule has 0 aliphatic carbocycles. The summed E-state index contributed by atoms with van der Waals surface area (Å²) in [6.07, 6.45) is 6.77. The summed E-state index contributed by atoms with van der Waals surface area (Å²) < 4.78 is 10.5. The first-order valence-electron chi connectivity index (χ1n) is 5.90. The number of carboxylic acids is 1. The van der Waals surface area contributed by atoms with Crippen molar-refractivity contribution in [3.05, 3.63) is 54.1 Å². The fourth-order valence-corrected chi connectivity index (χ4v) is 1.61. The fraction of sp³-hybridized carbons (Fsp3) is 0.267. The summed E-state index contributed by atoms with van der Waals surface area (Å²) in [6.45, 7) is 0. The Bertz CT molecular complexity index is 451. The van der Waals surface area contributed by atoms with Gasteiger partial charge in [0.25, 0.3) is 0 Å². The summed E-state index contributed by atoms with van der Waals surface area (Å²) >= 11 is 0. The molecule has 1 N–H and O–H groups in total. The summed E-state index contributed by atoms with van der Waals surface area (Å²) in [6, 6.07) is 7.67. The van der Waals surface area contributed by atoms with E-state index in [4.69, 9.17) is 14.6 Å². The highest BCUT2D eigenvalue weighted by atomic mass is 35.5. The van der Waals surface area contributed by atoms with Gasteiger partial charge >= 0.3 is 5.97 Å². The third kappa shape index (κ3) is 6.41. The van der Waals surface area contributed by atoms with E-state index in [0.717, 1.165) is 17.4 Å². The third-order valence-electron chi connectivity index (χ3n) is 2.61. The highest BCUT2D eigenvalue weighted by molar-refractivity contribution is 5.85. The molecule has 1 atom stereocenters. The molecule has 20 heavy (non-hydrogen) atoms. The van der Waals surface area contributed by atoms with Crippen molar-refractivity contribution < 1.29 is 19.4 Å². The highest BCUT2D eigenvalue weighted by Crippen LogP contribution is 2.23. The molecule has 0 saturated carbocycles. The van der Waals surface area contributed by atoms with Crippen LogP contribution in [-0.4, -0.2) is 25.3 Å². The SMILES string of the molecule is COc1ccc(C(CC=CC=CC(=O)O)OC)cc1.Cl. The maximum atomic E-state index is 10.3. The molecule has 5 heteroatoms. The monoisotopic (exact) mass is 298 g/mol. The average molecular weight is 299 g/mol. The molecule has 1 aromatic carbocycles. The minimum Gasteiger partial charge on any atom is -0.497 e. The van der Waals surface area contributed by atoms with Gasteiger partial charge in [-0.15, -0.1) is 12.4 Å². The maximum Gasteiger partial charge on any atom is 0.328 e. The average Bonchev–Trinajstić information content (AvgIpc) is 2.43. The maximum absolute atomic E-state index is 10.3. The number of halogens is 1. The van der Waals surface area contributed by atoms with E-state index in [2.05, 4.69) is 0 Å². The second-order valence-corrected chi connectivity index (χ2v) is 3.86. The number of hydrogen-bond acceptors (Lipinski definition) is 3.